The maximum atomic E-state index is 14.0. The van der Waals surface area contributed by atoms with Crippen molar-refractivity contribution in [3.8, 4) is 0 Å². The largest absolute Gasteiger partial charge is 0.313 e. The second-order valence-electron chi connectivity index (χ2n) is 4.06. The third-order valence-corrected chi connectivity index (χ3v) is 4.07. The highest BCUT2D eigenvalue weighted by Gasteiger charge is 2.09. The Morgan fingerprint density at radius 2 is 1.89 bits per heavy atom. The molecule has 2 aromatic rings. The lowest BCUT2D eigenvalue weighted by Crippen LogP contribution is -2.12. The average molecular weight is 296 g/mol. The van der Waals surface area contributed by atoms with Crippen molar-refractivity contribution in [2.45, 2.75) is 23.3 Å². The van der Waals surface area contributed by atoms with Crippen molar-refractivity contribution >= 4 is 23.4 Å². The molecule has 2 rings (SSSR count). The van der Waals surface area contributed by atoms with E-state index >= 15 is 0 Å². The molecule has 0 unspecified atom stereocenters. The minimum atomic E-state index is -0.185. The van der Waals surface area contributed by atoms with Gasteiger partial charge in [-0.1, -0.05) is 42.4 Å². The number of hydrogen-bond acceptors (Lipinski definition) is 2. The average Bonchev–Trinajstić information content (AvgIpc) is 2.42. The van der Waals surface area contributed by atoms with E-state index in [4.69, 9.17) is 11.6 Å². The highest BCUT2D eigenvalue weighted by atomic mass is 35.5. The van der Waals surface area contributed by atoms with Crippen LogP contribution >= 0.6 is 23.4 Å². The summed E-state index contributed by atoms with van der Waals surface area (Å²) in [6.07, 6.45) is 0. The van der Waals surface area contributed by atoms with E-state index in [2.05, 4.69) is 5.32 Å². The maximum Gasteiger partial charge on any atom is 0.137 e. The van der Waals surface area contributed by atoms with Gasteiger partial charge in [-0.25, -0.2) is 4.39 Å². The second kappa shape index (κ2) is 6.94. The summed E-state index contributed by atoms with van der Waals surface area (Å²) in [6.45, 7) is 3.57. The highest BCUT2D eigenvalue weighted by Crippen LogP contribution is 2.33. The number of halogens is 2. The van der Waals surface area contributed by atoms with Crippen LogP contribution in [0.25, 0.3) is 0 Å². The fraction of sp³-hybridized carbons (Fsp3) is 0.200. The number of nitrogens with one attached hydrogen (secondary N) is 1. The lowest BCUT2D eigenvalue weighted by atomic mass is 10.2. The minimum absolute atomic E-state index is 0.185. The van der Waals surface area contributed by atoms with Gasteiger partial charge < -0.3 is 5.32 Å². The van der Waals surface area contributed by atoms with Crippen LogP contribution in [0.4, 0.5) is 4.39 Å². The molecule has 2 aromatic carbocycles. The lowest BCUT2D eigenvalue weighted by molar-refractivity contribution is 0.591. The van der Waals surface area contributed by atoms with Gasteiger partial charge in [0.25, 0.3) is 0 Å². The molecule has 0 fully saturated rings. The fourth-order valence-corrected chi connectivity index (χ4v) is 2.76. The molecule has 0 spiro atoms. The van der Waals surface area contributed by atoms with Crippen molar-refractivity contribution in [3.63, 3.8) is 0 Å². The molecule has 1 nitrogen and oxygen atoms in total. The summed E-state index contributed by atoms with van der Waals surface area (Å²) in [5, 5.41) is 3.91. The summed E-state index contributed by atoms with van der Waals surface area (Å²) in [5.74, 6) is -0.185. The molecule has 0 aliphatic carbocycles. The van der Waals surface area contributed by atoms with Gasteiger partial charge in [0, 0.05) is 16.5 Å². The molecule has 0 heterocycles. The van der Waals surface area contributed by atoms with Crippen LogP contribution in [-0.2, 0) is 6.54 Å². The van der Waals surface area contributed by atoms with Gasteiger partial charge >= 0.3 is 0 Å². The van der Waals surface area contributed by atoms with Gasteiger partial charge in [0.05, 0.1) is 4.90 Å². The first-order chi connectivity index (χ1) is 9.20. The number of rotatable bonds is 5. The van der Waals surface area contributed by atoms with E-state index in [0.29, 0.717) is 16.5 Å². The second-order valence-corrected chi connectivity index (χ2v) is 5.58. The van der Waals surface area contributed by atoms with Crippen molar-refractivity contribution < 1.29 is 4.39 Å². The van der Waals surface area contributed by atoms with E-state index in [-0.39, 0.29) is 5.82 Å². The van der Waals surface area contributed by atoms with Gasteiger partial charge in [-0.2, -0.15) is 0 Å². The normalized spacial score (nSPS) is 10.7. The maximum absolute atomic E-state index is 14.0. The van der Waals surface area contributed by atoms with E-state index < -0.39 is 0 Å². The predicted octanol–water partition coefficient (Wildman–Crippen LogP) is 4.74. The SMILES string of the molecule is CCNCc1cccc(F)c1Sc1ccc(Cl)cc1. The molecular weight excluding hydrogens is 281 g/mol. The van der Waals surface area contributed by atoms with Crippen molar-refractivity contribution in [2.75, 3.05) is 6.54 Å². The third-order valence-electron chi connectivity index (χ3n) is 2.65. The molecule has 0 saturated heterocycles. The van der Waals surface area contributed by atoms with Gasteiger partial charge in [0.15, 0.2) is 0 Å². The van der Waals surface area contributed by atoms with Crippen LogP contribution in [0, 0.1) is 5.82 Å². The van der Waals surface area contributed by atoms with Gasteiger partial charge in [0.2, 0.25) is 0 Å². The summed E-state index contributed by atoms with van der Waals surface area (Å²) in [7, 11) is 0. The summed E-state index contributed by atoms with van der Waals surface area (Å²) in [5.41, 5.74) is 0.974. The van der Waals surface area contributed by atoms with Crippen LogP contribution in [0.2, 0.25) is 5.02 Å². The zero-order valence-corrected chi connectivity index (χ0v) is 12.2. The van der Waals surface area contributed by atoms with Crippen molar-refractivity contribution in [1.29, 1.82) is 0 Å². The first-order valence-electron chi connectivity index (χ1n) is 6.12. The summed E-state index contributed by atoms with van der Waals surface area (Å²) in [4.78, 5) is 1.65. The lowest BCUT2D eigenvalue weighted by Gasteiger charge is -2.10. The first kappa shape index (κ1) is 14.4. The standard InChI is InChI=1S/C15H15ClFNS/c1-2-18-10-11-4-3-5-14(17)15(11)19-13-8-6-12(16)7-9-13/h3-9,18H,2,10H2,1H3. The molecule has 4 heteroatoms. The Morgan fingerprint density at radius 3 is 2.58 bits per heavy atom. The smallest absolute Gasteiger partial charge is 0.137 e. The summed E-state index contributed by atoms with van der Waals surface area (Å²) < 4.78 is 14.0. The van der Waals surface area contributed by atoms with Crippen LogP contribution in [0.3, 0.4) is 0 Å². The molecule has 0 saturated carbocycles. The van der Waals surface area contributed by atoms with Gasteiger partial charge in [-0.05, 0) is 42.4 Å². The highest BCUT2D eigenvalue weighted by molar-refractivity contribution is 7.99. The van der Waals surface area contributed by atoms with Crippen molar-refractivity contribution in [3.05, 3.63) is 58.9 Å². The molecule has 1 N–H and O–H groups in total. The first-order valence-corrected chi connectivity index (χ1v) is 7.31. The van der Waals surface area contributed by atoms with Gasteiger partial charge in [-0.3, -0.25) is 0 Å². The third kappa shape index (κ3) is 3.96. The monoisotopic (exact) mass is 295 g/mol. The number of hydrogen-bond donors (Lipinski definition) is 1. The van der Waals surface area contributed by atoms with Gasteiger partial charge in [0.1, 0.15) is 5.82 Å². The molecular formula is C15H15ClFNS. The Labute approximate surface area is 122 Å². The molecule has 0 aromatic heterocycles. The van der Waals surface area contributed by atoms with Crippen molar-refractivity contribution in [2.24, 2.45) is 0 Å². The quantitative estimate of drug-likeness (QED) is 0.855. The molecule has 0 aliphatic rings. The van der Waals surface area contributed by atoms with E-state index in [1.165, 1.54) is 17.8 Å². The van der Waals surface area contributed by atoms with E-state index in [0.717, 1.165) is 17.0 Å². The van der Waals surface area contributed by atoms with Gasteiger partial charge in [-0.15, -0.1) is 0 Å². The molecule has 100 valence electrons. The van der Waals surface area contributed by atoms with Crippen LogP contribution in [0.15, 0.2) is 52.3 Å². The van der Waals surface area contributed by atoms with E-state index in [1.807, 2.05) is 37.3 Å². The molecule has 0 amide bonds. The molecule has 19 heavy (non-hydrogen) atoms. The van der Waals surface area contributed by atoms with Crippen LogP contribution in [-0.4, -0.2) is 6.54 Å². The Bertz CT molecular complexity index is 542. The molecule has 0 aliphatic heterocycles. The summed E-state index contributed by atoms with van der Waals surface area (Å²) in [6, 6.07) is 12.6. The predicted molar refractivity (Wildman–Crippen MR) is 79.4 cm³/mol. The van der Waals surface area contributed by atoms with E-state index in [9.17, 15) is 4.39 Å². The van der Waals surface area contributed by atoms with Crippen LogP contribution < -0.4 is 5.32 Å². The zero-order chi connectivity index (χ0) is 13.7. The Hall–Kier alpha value is -1.03. The van der Waals surface area contributed by atoms with Crippen molar-refractivity contribution in [1.82, 2.24) is 5.32 Å². The Kier molecular flexibility index (Phi) is 5.25. The molecule has 0 radical (unpaired) electrons. The fourth-order valence-electron chi connectivity index (χ4n) is 1.69. The minimum Gasteiger partial charge on any atom is -0.313 e. The number of benzene rings is 2. The summed E-state index contributed by atoms with van der Waals surface area (Å²) >= 11 is 7.28. The Balaban J connectivity index is 2.25. The van der Waals surface area contributed by atoms with Crippen LogP contribution in [0.1, 0.15) is 12.5 Å². The van der Waals surface area contributed by atoms with Crippen LogP contribution in [0.5, 0.6) is 0 Å². The molecule has 0 bridgehead atoms. The Morgan fingerprint density at radius 1 is 1.16 bits per heavy atom. The zero-order valence-electron chi connectivity index (χ0n) is 10.6. The van der Waals surface area contributed by atoms with E-state index in [1.54, 1.807) is 6.07 Å². The molecule has 0 atom stereocenters. The topological polar surface area (TPSA) is 12.0 Å².